The van der Waals surface area contributed by atoms with Gasteiger partial charge in [0.1, 0.15) is 6.04 Å². The van der Waals surface area contributed by atoms with E-state index in [9.17, 15) is 0 Å². The predicted molar refractivity (Wildman–Crippen MR) is 138 cm³/mol. The number of anilines is 1. The van der Waals surface area contributed by atoms with Gasteiger partial charge in [-0.15, -0.1) is 0 Å². The number of allylic oxidation sites excluding steroid dienone is 2. The molecule has 0 radical (unpaired) electrons. The Morgan fingerprint density at radius 1 is 0.853 bits per heavy atom. The second-order valence-corrected chi connectivity index (χ2v) is 9.17. The van der Waals surface area contributed by atoms with Gasteiger partial charge in [0.2, 0.25) is 10.4 Å². The third-order valence-electron chi connectivity index (χ3n) is 6.39. The zero-order valence-corrected chi connectivity index (χ0v) is 21.4. The summed E-state index contributed by atoms with van der Waals surface area (Å²) in [5, 5.41) is 0. The van der Waals surface area contributed by atoms with E-state index in [0.29, 0.717) is 17.9 Å². The molecular weight excluding hydrogens is 448 g/mol. The van der Waals surface area contributed by atoms with E-state index in [1.165, 1.54) is 16.8 Å². The number of nitrogens with zero attached hydrogens (tertiary/aromatic N) is 1. The Kier molecular flexibility index (Phi) is 11.0. The molecule has 1 aliphatic rings. The fourth-order valence-electron chi connectivity index (χ4n) is 4.62. The topological polar surface area (TPSA) is 85.1 Å². The normalized spacial score (nSPS) is 18.3. The minimum atomic E-state index is -4.92. The van der Waals surface area contributed by atoms with Gasteiger partial charge in [-0.05, 0) is 63.1 Å². The minimum absolute atomic E-state index is 0.349. The molecule has 34 heavy (non-hydrogen) atoms. The van der Waals surface area contributed by atoms with E-state index in [0.717, 1.165) is 26.2 Å². The zero-order valence-electron chi connectivity index (χ0n) is 20.6. The molecule has 0 saturated heterocycles. The van der Waals surface area contributed by atoms with Crippen LogP contribution < -0.4 is 9.80 Å². The molecule has 0 amide bonds. The summed E-state index contributed by atoms with van der Waals surface area (Å²) in [5.41, 5.74) is 4.08. The second kappa shape index (κ2) is 13.4. The highest BCUT2D eigenvalue weighted by Crippen LogP contribution is 2.36. The summed E-state index contributed by atoms with van der Waals surface area (Å²) in [6.45, 7) is 13.4. The van der Waals surface area contributed by atoms with Gasteiger partial charge in [-0.3, -0.25) is 4.55 Å². The van der Waals surface area contributed by atoms with Crippen molar-refractivity contribution in [1.29, 1.82) is 0 Å². The molecule has 0 fully saturated rings. The van der Waals surface area contributed by atoms with Crippen LogP contribution in [-0.4, -0.2) is 49.7 Å². The van der Waals surface area contributed by atoms with Crippen LogP contribution in [0.3, 0.4) is 0 Å². The van der Waals surface area contributed by atoms with Crippen molar-refractivity contribution in [3.05, 3.63) is 90.0 Å². The lowest BCUT2D eigenvalue weighted by Gasteiger charge is -2.29. The van der Waals surface area contributed by atoms with Crippen molar-refractivity contribution >= 4 is 16.1 Å². The van der Waals surface area contributed by atoms with Gasteiger partial charge in [0, 0.05) is 30.6 Å². The molecule has 6 nitrogen and oxygen atoms in total. The lowest BCUT2D eigenvalue weighted by molar-refractivity contribution is -0.908. The molecule has 3 rings (SSSR count). The molecular formula is C27H38N2O4S. The van der Waals surface area contributed by atoms with Crippen molar-refractivity contribution in [1.82, 2.24) is 0 Å². The monoisotopic (exact) mass is 486 g/mol. The Balaban J connectivity index is 0.000000739. The van der Waals surface area contributed by atoms with Gasteiger partial charge in [-0.1, -0.05) is 54.6 Å². The predicted octanol–water partition coefficient (Wildman–Crippen LogP) is 3.70. The summed E-state index contributed by atoms with van der Waals surface area (Å²) >= 11 is 0. The van der Waals surface area contributed by atoms with Gasteiger partial charge in [-0.2, -0.15) is 0 Å². The fraction of sp³-hybridized carbons (Fsp3) is 0.407. The van der Waals surface area contributed by atoms with Crippen molar-refractivity contribution < 1.29 is 22.4 Å². The molecule has 1 aliphatic carbocycles. The van der Waals surface area contributed by atoms with Gasteiger partial charge in [0.15, 0.2) is 0 Å². The Hall–Kier alpha value is -2.45. The molecule has 1 unspecified atom stereocenters. The van der Waals surface area contributed by atoms with E-state index in [-0.39, 0.29) is 0 Å². The molecule has 186 valence electrons. The number of rotatable bonds is 9. The Bertz CT molecular complexity index is 990. The van der Waals surface area contributed by atoms with E-state index in [1.807, 2.05) is 0 Å². The maximum Gasteiger partial charge on any atom is 0.215 e. The quantitative estimate of drug-likeness (QED) is 0.321. The summed E-state index contributed by atoms with van der Waals surface area (Å²) < 4.78 is 32.8. The van der Waals surface area contributed by atoms with Crippen LogP contribution in [0.2, 0.25) is 0 Å². The number of hydrogen-bond donors (Lipinski definition) is 2. The first-order chi connectivity index (χ1) is 16.2. The van der Waals surface area contributed by atoms with Crippen molar-refractivity contribution in [2.24, 2.45) is 5.92 Å². The molecule has 2 aromatic carbocycles. The summed E-state index contributed by atoms with van der Waals surface area (Å²) in [6.07, 6.45) is 9.72. The Labute approximate surface area is 205 Å². The summed E-state index contributed by atoms with van der Waals surface area (Å²) in [5.74, 6) is 0.741. The van der Waals surface area contributed by atoms with Gasteiger partial charge < -0.3 is 14.4 Å². The molecule has 2 aromatic rings. The lowest BCUT2D eigenvalue weighted by atomic mass is 9.78. The van der Waals surface area contributed by atoms with Gasteiger partial charge in [-0.25, -0.2) is 8.42 Å². The molecule has 0 heterocycles. The summed E-state index contributed by atoms with van der Waals surface area (Å²) in [4.78, 5) is 4.02. The number of hydrogen-bond acceptors (Lipinski definition) is 4. The molecule has 7 heteroatoms. The van der Waals surface area contributed by atoms with Crippen LogP contribution in [0.25, 0.3) is 0 Å². The van der Waals surface area contributed by atoms with Crippen molar-refractivity contribution in [3.8, 4) is 0 Å². The Morgan fingerprint density at radius 2 is 1.32 bits per heavy atom. The highest BCUT2D eigenvalue weighted by atomic mass is 32.3. The smallest absolute Gasteiger partial charge is 0.215 e. The van der Waals surface area contributed by atoms with Gasteiger partial charge in [0.05, 0.1) is 13.1 Å². The van der Waals surface area contributed by atoms with Crippen LogP contribution in [0.15, 0.2) is 78.9 Å². The Morgan fingerprint density at radius 3 is 1.76 bits per heavy atom. The number of benzene rings is 2. The maximum absolute atomic E-state index is 8.63. The number of likely N-dealkylation sites (N-methyl/N-ethyl adjacent to an activating group) is 1. The average molecular weight is 487 g/mol. The number of quaternary nitrogens is 1. The van der Waals surface area contributed by atoms with E-state index in [2.05, 4.69) is 111 Å². The largest absolute Gasteiger partial charge is 0.726 e. The molecule has 0 spiro atoms. The first kappa shape index (κ1) is 27.8. The van der Waals surface area contributed by atoms with Gasteiger partial charge in [0.25, 0.3) is 0 Å². The molecule has 2 N–H and O–H groups in total. The highest BCUT2D eigenvalue weighted by molar-refractivity contribution is 7.79. The van der Waals surface area contributed by atoms with Gasteiger partial charge >= 0.3 is 0 Å². The van der Waals surface area contributed by atoms with Crippen LogP contribution in [-0.2, 0) is 10.4 Å². The van der Waals surface area contributed by atoms with Crippen LogP contribution in [0.1, 0.15) is 44.7 Å². The SMILES string of the molecule is CCN(CC)c1ccc(C(c2ccccc2)C2C=CC([NH+](CC)CC)C=C2)cc1.O=S(=O)([O-])O. The summed E-state index contributed by atoms with van der Waals surface area (Å²) in [6, 6.07) is 20.7. The van der Waals surface area contributed by atoms with Crippen LogP contribution in [0, 0.1) is 5.92 Å². The third kappa shape index (κ3) is 8.40. The van der Waals surface area contributed by atoms with E-state index in [1.54, 1.807) is 4.90 Å². The minimum Gasteiger partial charge on any atom is -0.726 e. The summed E-state index contributed by atoms with van der Waals surface area (Å²) in [7, 11) is -4.92. The van der Waals surface area contributed by atoms with Crippen molar-refractivity contribution in [2.75, 3.05) is 31.1 Å². The van der Waals surface area contributed by atoms with Crippen LogP contribution >= 0.6 is 0 Å². The van der Waals surface area contributed by atoms with Crippen LogP contribution in [0.4, 0.5) is 5.69 Å². The third-order valence-corrected chi connectivity index (χ3v) is 6.39. The molecule has 0 aliphatic heterocycles. The average Bonchev–Trinajstić information content (AvgIpc) is 2.82. The molecule has 0 aromatic heterocycles. The van der Waals surface area contributed by atoms with Crippen molar-refractivity contribution in [2.45, 2.75) is 39.7 Å². The van der Waals surface area contributed by atoms with Crippen molar-refractivity contribution in [3.63, 3.8) is 0 Å². The standard InChI is InChI=1S/C27H36N2.H2O4S/c1-5-28(6-2)25-18-14-23(15-19-25)27(22-12-10-9-11-13-22)24-16-20-26(21-17-24)29(7-3)8-4;1-5(2,3)4/h9-21,23,25,27H,5-8H2,1-4H3;(H2,1,2,3,4). The fourth-order valence-corrected chi connectivity index (χ4v) is 4.62. The maximum atomic E-state index is 8.63. The lowest BCUT2D eigenvalue weighted by Crippen LogP contribution is -3.14. The van der Waals surface area contributed by atoms with Crippen LogP contribution in [0.5, 0.6) is 0 Å². The zero-order chi connectivity index (χ0) is 25.1. The van der Waals surface area contributed by atoms with E-state index >= 15 is 0 Å². The number of nitrogens with one attached hydrogen (secondary N) is 1. The first-order valence-electron chi connectivity index (χ1n) is 12.0. The highest BCUT2D eigenvalue weighted by Gasteiger charge is 2.25. The first-order valence-corrected chi connectivity index (χ1v) is 13.4. The second-order valence-electron chi connectivity index (χ2n) is 8.32. The van der Waals surface area contributed by atoms with E-state index < -0.39 is 10.4 Å². The molecule has 0 bridgehead atoms. The molecule has 0 saturated carbocycles. The van der Waals surface area contributed by atoms with E-state index in [4.69, 9.17) is 17.5 Å². The molecule has 1 atom stereocenters.